The van der Waals surface area contributed by atoms with E-state index in [1.807, 2.05) is 0 Å². The van der Waals surface area contributed by atoms with Crippen molar-refractivity contribution in [3.63, 3.8) is 0 Å². The number of nitrogens with one attached hydrogen (secondary N) is 1. The van der Waals surface area contributed by atoms with Gasteiger partial charge in [0.1, 0.15) is 0 Å². The highest BCUT2D eigenvalue weighted by molar-refractivity contribution is 8.08. The summed E-state index contributed by atoms with van der Waals surface area (Å²) in [6, 6.07) is 1.93. The van der Waals surface area contributed by atoms with Crippen LogP contribution in [0.5, 0.6) is 0 Å². The number of hydrogen-bond donors (Lipinski definition) is 1. The Morgan fingerprint density at radius 1 is 0.760 bits per heavy atom. The maximum Gasteiger partial charge on any atom is 0.516 e. The van der Waals surface area contributed by atoms with Gasteiger partial charge in [0.15, 0.2) is 14.9 Å². The second kappa shape index (κ2) is 6.31. The van der Waals surface area contributed by atoms with Crippen LogP contribution in [0.4, 0.5) is 32.0 Å². The number of alkyl halides is 6. The molecule has 0 aliphatic carbocycles. The molecule has 0 unspecified atom stereocenters. The monoisotopic (exact) mass is 435 g/mol. The number of sulfonamides is 1. The zero-order valence-corrected chi connectivity index (χ0v) is 13.9. The zero-order chi connectivity index (χ0) is 19.9. The van der Waals surface area contributed by atoms with Crippen molar-refractivity contribution in [2.75, 3.05) is 9.81 Å². The molecule has 0 heterocycles. The summed E-state index contributed by atoms with van der Waals surface area (Å²) >= 11 is 0. The Labute approximate surface area is 137 Å². The Kier molecular flexibility index (Phi) is 5.43. The normalized spacial score (nSPS) is 14.3. The zero-order valence-electron chi connectivity index (χ0n) is 11.5. The molecule has 0 atom stereocenters. The van der Waals surface area contributed by atoms with Crippen LogP contribution in [-0.4, -0.2) is 41.4 Å². The average molecular weight is 435 g/mol. The quantitative estimate of drug-likeness (QED) is 0.703. The number of rotatable bonds is 5. The van der Waals surface area contributed by atoms with Crippen molar-refractivity contribution in [1.29, 1.82) is 0 Å². The first-order chi connectivity index (χ1) is 10.9. The van der Waals surface area contributed by atoms with Crippen molar-refractivity contribution in [3.8, 4) is 0 Å². The maximum absolute atomic E-state index is 12.2. The minimum absolute atomic E-state index is 0.454. The molecule has 144 valence electrons. The highest BCUT2D eigenvalue weighted by atomic mass is 32.3. The lowest BCUT2D eigenvalue weighted by atomic mass is 10.3. The van der Waals surface area contributed by atoms with Crippen molar-refractivity contribution in [3.05, 3.63) is 24.3 Å². The Hall–Kier alpha value is -1.55. The molecule has 0 radical (unpaired) electrons. The molecule has 0 amide bonds. The molecule has 0 fully saturated rings. The van der Waals surface area contributed by atoms with Crippen molar-refractivity contribution in [1.82, 2.24) is 0 Å². The van der Waals surface area contributed by atoms with E-state index < -0.39 is 56.4 Å². The number of benzene rings is 1. The van der Waals surface area contributed by atoms with Crippen LogP contribution >= 0.6 is 0 Å². The average Bonchev–Trinajstić information content (AvgIpc) is 2.34. The highest BCUT2D eigenvalue weighted by Crippen LogP contribution is 2.28. The Morgan fingerprint density at radius 3 is 1.56 bits per heavy atom. The van der Waals surface area contributed by atoms with Gasteiger partial charge in [-0.1, -0.05) is 0 Å². The van der Waals surface area contributed by atoms with Gasteiger partial charge >= 0.3 is 21.0 Å². The first-order valence-corrected chi connectivity index (χ1v) is 10.4. The summed E-state index contributed by atoms with van der Waals surface area (Å²) in [4.78, 5) is -0.963. The van der Waals surface area contributed by atoms with Gasteiger partial charge in [0.05, 0.1) is 4.90 Å². The van der Waals surface area contributed by atoms with Gasteiger partial charge in [-0.25, -0.2) is 16.8 Å². The molecular formula is C9H7F6NO6S3. The molecule has 1 aromatic carbocycles. The van der Waals surface area contributed by atoms with Crippen molar-refractivity contribution in [2.45, 2.75) is 15.9 Å². The van der Waals surface area contributed by atoms with Crippen LogP contribution in [0.15, 0.2) is 29.2 Å². The molecular weight excluding hydrogens is 428 g/mol. The highest BCUT2D eigenvalue weighted by Gasteiger charge is 2.48. The number of hydrogen-bond acceptors (Lipinski definition) is 6. The summed E-state index contributed by atoms with van der Waals surface area (Å²) < 4.78 is 141. The van der Waals surface area contributed by atoms with E-state index in [9.17, 15) is 51.6 Å². The molecule has 0 saturated heterocycles. The van der Waals surface area contributed by atoms with Gasteiger partial charge in [-0.2, -0.15) is 34.8 Å². The first kappa shape index (κ1) is 21.5. The SMILES string of the molecule is O=S(=O)(CS(=O)(=O)C(F)(F)F)c1ccc(NS(=O)(=O)C(F)(F)F)cc1. The third-order valence-electron chi connectivity index (χ3n) is 2.43. The summed E-state index contributed by atoms with van der Waals surface area (Å²) in [5.74, 6) is 0. The number of anilines is 1. The fourth-order valence-electron chi connectivity index (χ4n) is 1.28. The van der Waals surface area contributed by atoms with Crippen molar-refractivity contribution in [2.24, 2.45) is 0 Å². The largest absolute Gasteiger partial charge is 0.516 e. The summed E-state index contributed by atoms with van der Waals surface area (Å²) in [5.41, 5.74) is -12.2. The van der Waals surface area contributed by atoms with Gasteiger partial charge in [-0.05, 0) is 24.3 Å². The van der Waals surface area contributed by atoms with Gasteiger partial charge < -0.3 is 0 Å². The van der Waals surface area contributed by atoms with Crippen LogP contribution < -0.4 is 4.72 Å². The second-order valence-corrected chi connectivity index (χ2v) is 10.4. The molecule has 1 N–H and O–H groups in total. The van der Waals surface area contributed by atoms with Gasteiger partial charge in [-0.15, -0.1) is 0 Å². The molecule has 16 heteroatoms. The summed E-state index contributed by atoms with van der Waals surface area (Å²) in [7, 11) is -16.8. The second-order valence-electron chi connectivity index (χ2n) is 4.37. The van der Waals surface area contributed by atoms with E-state index in [-0.39, 0.29) is 0 Å². The molecule has 0 aliphatic heterocycles. The van der Waals surface area contributed by atoms with Crippen molar-refractivity contribution < 1.29 is 51.6 Å². The summed E-state index contributed by atoms with van der Waals surface area (Å²) in [5, 5.41) is -2.31. The van der Waals surface area contributed by atoms with Crippen LogP contribution in [0.3, 0.4) is 0 Å². The fourth-order valence-corrected chi connectivity index (χ4v) is 5.11. The molecule has 0 spiro atoms. The lowest BCUT2D eigenvalue weighted by molar-refractivity contribution is -0.0436. The van der Waals surface area contributed by atoms with Crippen molar-refractivity contribution >= 4 is 35.4 Å². The summed E-state index contributed by atoms with van der Waals surface area (Å²) in [6.07, 6.45) is 0. The maximum atomic E-state index is 12.2. The van der Waals surface area contributed by atoms with E-state index in [1.165, 1.54) is 0 Å². The van der Waals surface area contributed by atoms with E-state index in [4.69, 9.17) is 0 Å². The van der Waals surface area contributed by atoms with Crippen LogP contribution in [0.25, 0.3) is 0 Å². The van der Waals surface area contributed by atoms with Gasteiger partial charge in [0, 0.05) is 5.69 Å². The molecule has 0 saturated carbocycles. The van der Waals surface area contributed by atoms with Crippen LogP contribution in [0.2, 0.25) is 0 Å². The standard InChI is InChI=1S/C9H7F6NO6S3/c10-8(11,12)24(19,20)5-23(17,18)7-3-1-6(2-4-7)16-25(21,22)9(13,14)15/h1-4,16H,5H2. The summed E-state index contributed by atoms with van der Waals surface area (Å²) in [6.45, 7) is 0. The lowest BCUT2D eigenvalue weighted by Gasteiger charge is -2.11. The molecule has 7 nitrogen and oxygen atoms in total. The topological polar surface area (TPSA) is 114 Å². The van der Waals surface area contributed by atoms with E-state index in [0.29, 0.717) is 24.3 Å². The number of halogens is 6. The van der Waals surface area contributed by atoms with Crippen LogP contribution in [0.1, 0.15) is 0 Å². The van der Waals surface area contributed by atoms with Gasteiger partial charge in [0.25, 0.3) is 9.84 Å². The third kappa shape index (κ3) is 4.97. The minimum Gasteiger partial charge on any atom is -0.276 e. The predicted molar refractivity (Wildman–Crippen MR) is 72.1 cm³/mol. The Morgan fingerprint density at radius 2 is 1.20 bits per heavy atom. The van der Waals surface area contributed by atoms with Gasteiger partial charge in [0.2, 0.25) is 0 Å². The minimum atomic E-state index is -6.01. The van der Waals surface area contributed by atoms with E-state index in [2.05, 4.69) is 0 Å². The van der Waals surface area contributed by atoms with Gasteiger partial charge in [-0.3, -0.25) is 4.72 Å². The predicted octanol–water partition coefficient (Wildman–Crippen LogP) is 1.61. The number of sulfone groups is 2. The van der Waals surface area contributed by atoms with Crippen LogP contribution in [-0.2, 0) is 29.7 Å². The van der Waals surface area contributed by atoms with E-state index >= 15 is 0 Å². The molecule has 0 bridgehead atoms. The smallest absolute Gasteiger partial charge is 0.276 e. The molecule has 25 heavy (non-hydrogen) atoms. The van der Waals surface area contributed by atoms with E-state index in [0.717, 1.165) is 4.72 Å². The first-order valence-electron chi connectivity index (χ1n) is 5.60. The Balaban J connectivity index is 3.12. The van der Waals surface area contributed by atoms with E-state index in [1.54, 1.807) is 0 Å². The molecule has 0 aromatic heterocycles. The molecule has 1 rings (SSSR count). The lowest BCUT2D eigenvalue weighted by Crippen LogP contribution is -2.30. The fraction of sp³-hybridized carbons (Fsp3) is 0.333. The molecule has 0 aliphatic rings. The Bertz CT molecular complexity index is 945. The molecule has 1 aromatic rings. The van der Waals surface area contributed by atoms with Crippen LogP contribution in [0, 0.1) is 0 Å². The third-order valence-corrected chi connectivity index (χ3v) is 7.73.